The zero-order valence-corrected chi connectivity index (χ0v) is 14.3. The van der Waals surface area contributed by atoms with Gasteiger partial charge in [0.1, 0.15) is 25.0 Å². The average Bonchev–Trinajstić information content (AvgIpc) is 2.52. The number of hydrogen-bond donors (Lipinski definition) is 2. The summed E-state index contributed by atoms with van der Waals surface area (Å²) < 4.78 is 5.86. The second-order valence-corrected chi connectivity index (χ2v) is 7.05. The van der Waals surface area contributed by atoms with Gasteiger partial charge in [0, 0.05) is 5.92 Å². The molecule has 1 aromatic rings. The molecule has 3 atom stereocenters. The lowest BCUT2D eigenvalue weighted by Gasteiger charge is -2.27. The molecule has 1 aromatic carbocycles. The Morgan fingerprint density at radius 2 is 1.95 bits per heavy atom. The van der Waals surface area contributed by atoms with Crippen LogP contribution in [0.3, 0.4) is 0 Å². The van der Waals surface area contributed by atoms with Crippen molar-refractivity contribution >= 4 is 0 Å². The van der Waals surface area contributed by atoms with Crippen LogP contribution in [0.2, 0.25) is 0 Å². The molecule has 3 nitrogen and oxygen atoms in total. The molecule has 1 saturated carbocycles. The Balaban J connectivity index is 1.77. The van der Waals surface area contributed by atoms with E-state index in [0.717, 1.165) is 18.2 Å². The third-order valence-electron chi connectivity index (χ3n) is 4.86. The molecule has 0 spiro atoms. The quantitative estimate of drug-likeness (QED) is 0.813. The van der Waals surface area contributed by atoms with Gasteiger partial charge in [0.2, 0.25) is 0 Å². The molecule has 0 heterocycles. The Kier molecular flexibility index (Phi) is 6.71. The van der Waals surface area contributed by atoms with E-state index in [9.17, 15) is 5.11 Å². The molecule has 1 aliphatic carbocycles. The van der Waals surface area contributed by atoms with Crippen LogP contribution in [0.15, 0.2) is 24.3 Å². The molecule has 0 aromatic heterocycles. The first-order chi connectivity index (χ1) is 10.6. The number of rotatable bonds is 7. The van der Waals surface area contributed by atoms with Crippen LogP contribution < -0.4 is 10.1 Å². The number of para-hydroxylation sites is 1. The zero-order chi connectivity index (χ0) is 15.9. The molecule has 3 N–H and O–H groups in total. The number of quaternary nitrogens is 1. The maximum Gasteiger partial charge on any atom is 0.137 e. The van der Waals surface area contributed by atoms with E-state index in [-0.39, 0.29) is 0 Å². The monoisotopic (exact) mass is 306 g/mol. The fourth-order valence-corrected chi connectivity index (χ4v) is 3.37. The topological polar surface area (TPSA) is 46.1 Å². The van der Waals surface area contributed by atoms with Crippen molar-refractivity contribution in [2.24, 2.45) is 5.92 Å². The van der Waals surface area contributed by atoms with Crippen LogP contribution in [0.4, 0.5) is 0 Å². The summed E-state index contributed by atoms with van der Waals surface area (Å²) in [7, 11) is 0. The fraction of sp³-hybridized carbons (Fsp3) is 0.684. The summed E-state index contributed by atoms with van der Waals surface area (Å²) >= 11 is 0. The number of benzene rings is 1. The molecular formula is C19H32NO2+. The van der Waals surface area contributed by atoms with Gasteiger partial charge in [-0.1, -0.05) is 45.4 Å². The number of nitrogens with two attached hydrogens (primary N) is 1. The highest BCUT2D eigenvalue weighted by Gasteiger charge is 2.24. The van der Waals surface area contributed by atoms with Gasteiger partial charge >= 0.3 is 0 Å². The first-order valence-corrected chi connectivity index (χ1v) is 8.81. The lowest BCUT2D eigenvalue weighted by atomic mass is 9.86. The third-order valence-corrected chi connectivity index (χ3v) is 4.86. The minimum atomic E-state index is -0.408. The predicted molar refractivity (Wildman–Crippen MR) is 90.2 cm³/mol. The number of ether oxygens (including phenoxy) is 1. The minimum Gasteiger partial charge on any atom is -0.490 e. The van der Waals surface area contributed by atoms with Crippen molar-refractivity contribution < 1.29 is 15.2 Å². The first-order valence-electron chi connectivity index (χ1n) is 8.81. The molecule has 0 bridgehead atoms. The molecule has 1 aliphatic rings. The van der Waals surface area contributed by atoms with Crippen molar-refractivity contribution in [1.29, 1.82) is 0 Å². The average molecular weight is 306 g/mol. The van der Waals surface area contributed by atoms with E-state index >= 15 is 0 Å². The van der Waals surface area contributed by atoms with Crippen LogP contribution in [0.5, 0.6) is 5.75 Å². The largest absolute Gasteiger partial charge is 0.490 e. The maximum absolute atomic E-state index is 10.2. The van der Waals surface area contributed by atoms with E-state index in [1.165, 1.54) is 31.2 Å². The van der Waals surface area contributed by atoms with Crippen LogP contribution in [0.1, 0.15) is 57.9 Å². The molecule has 124 valence electrons. The molecule has 0 aliphatic heterocycles. The van der Waals surface area contributed by atoms with E-state index in [0.29, 0.717) is 18.6 Å². The van der Waals surface area contributed by atoms with E-state index < -0.39 is 6.10 Å². The van der Waals surface area contributed by atoms with E-state index in [1.54, 1.807) is 0 Å². The van der Waals surface area contributed by atoms with E-state index in [1.807, 2.05) is 18.2 Å². The standard InChI is InChI=1S/C19H31NO2/c1-14(2)17-9-5-7-11-19(17)22-13-16(21)12-20-18-10-6-4-8-15(18)3/h5,7,9,11,14-16,18,20-21H,4,6,8,10,12-13H2,1-3H3/p+1/t15-,16+,18+/m1/s1. The van der Waals surface area contributed by atoms with Gasteiger partial charge in [-0.15, -0.1) is 0 Å². The number of aliphatic hydroxyl groups is 1. The summed E-state index contributed by atoms with van der Waals surface area (Å²) in [6.07, 6.45) is 4.90. The molecule has 22 heavy (non-hydrogen) atoms. The molecule has 0 unspecified atom stereocenters. The predicted octanol–water partition coefficient (Wildman–Crippen LogP) is 2.69. The lowest BCUT2D eigenvalue weighted by molar-refractivity contribution is -0.703. The fourth-order valence-electron chi connectivity index (χ4n) is 3.37. The van der Waals surface area contributed by atoms with Crippen molar-refractivity contribution in [3.05, 3.63) is 29.8 Å². The Morgan fingerprint density at radius 3 is 2.68 bits per heavy atom. The van der Waals surface area contributed by atoms with Gasteiger partial charge < -0.3 is 15.2 Å². The lowest BCUT2D eigenvalue weighted by Crippen LogP contribution is -2.93. The molecule has 0 radical (unpaired) electrons. The highest BCUT2D eigenvalue weighted by molar-refractivity contribution is 5.35. The van der Waals surface area contributed by atoms with Crippen LogP contribution in [0.25, 0.3) is 0 Å². The second kappa shape index (κ2) is 8.54. The van der Waals surface area contributed by atoms with Crippen LogP contribution in [-0.4, -0.2) is 30.4 Å². The molecule has 2 rings (SSSR count). The van der Waals surface area contributed by atoms with Crippen molar-refractivity contribution in [3.63, 3.8) is 0 Å². The van der Waals surface area contributed by atoms with Crippen molar-refractivity contribution in [2.75, 3.05) is 13.2 Å². The van der Waals surface area contributed by atoms with Crippen LogP contribution in [-0.2, 0) is 0 Å². The highest BCUT2D eigenvalue weighted by Crippen LogP contribution is 2.25. The molecule has 1 fully saturated rings. The maximum atomic E-state index is 10.2. The third kappa shape index (κ3) is 4.99. The van der Waals surface area contributed by atoms with E-state index in [4.69, 9.17) is 4.74 Å². The summed E-state index contributed by atoms with van der Waals surface area (Å²) in [5.41, 5.74) is 1.21. The van der Waals surface area contributed by atoms with Gasteiger partial charge in [-0.3, -0.25) is 0 Å². The van der Waals surface area contributed by atoms with E-state index in [2.05, 4.69) is 32.2 Å². The van der Waals surface area contributed by atoms with Gasteiger partial charge in [-0.25, -0.2) is 0 Å². The highest BCUT2D eigenvalue weighted by atomic mass is 16.5. The molecule has 0 saturated heterocycles. The van der Waals surface area contributed by atoms with Crippen molar-refractivity contribution in [1.82, 2.24) is 0 Å². The smallest absolute Gasteiger partial charge is 0.137 e. The number of aliphatic hydroxyl groups excluding tert-OH is 1. The normalized spacial score (nSPS) is 23.5. The van der Waals surface area contributed by atoms with Crippen molar-refractivity contribution in [3.8, 4) is 5.75 Å². The molecular weight excluding hydrogens is 274 g/mol. The van der Waals surface area contributed by atoms with Crippen LogP contribution >= 0.6 is 0 Å². The summed E-state index contributed by atoms with van der Waals surface area (Å²) in [5.74, 6) is 2.11. The molecule has 3 heteroatoms. The Labute approximate surface area is 135 Å². The Bertz CT molecular complexity index is 447. The van der Waals surface area contributed by atoms with Crippen molar-refractivity contribution in [2.45, 2.75) is 64.5 Å². The van der Waals surface area contributed by atoms with Gasteiger partial charge in [0.05, 0.1) is 6.04 Å². The summed E-state index contributed by atoms with van der Waals surface area (Å²) in [6, 6.07) is 8.80. The summed E-state index contributed by atoms with van der Waals surface area (Å²) in [6.45, 7) is 7.77. The zero-order valence-electron chi connectivity index (χ0n) is 14.3. The summed E-state index contributed by atoms with van der Waals surface area (Å²) in [4.78, 5) is 0. The van der Waals surface area contributed by atoms with Gasteiger partial charge in [0.15, 0.2) is 0 Å². The van der Waals surface area contributed by atoms with Gasteiger partial charge in [-0.05, 0) is 36.8 Å². The minimum absolute atomic E-state index is 0.376. The SMILES string of the molecule is CC(C)c1ccccc1OC[C@@H](O)C[NH2+][C@H]1CCCC[C@H]1C. The van der Waals surface area contributed by atoms with Gasteiger partial charge in [-0.2, -0.15) is 0 Å². The van der Waals surface area contributed by atoms with Crippen LogP contribution in [0, 0.1) is 5.92 Å². The number of hydrogen-bond acceptors (Lipinski definition) is 2. The summed E-state index contributed by atoms with van der Waals surface area (Å²) in [5, 5.41) is 12.5. The Hall–Kier alpha value is -1.06. The second-order valence-electron chi connectivity index (χ2n) is 7.05. The van der Waals surface area contributed by atoms with Gasteiger partial charge in [0.25, 0.3) is 0 Å². The Morgan fingerprint density at radius 1 is 1.23 bits per heavy atom. The molecule has 0 amide bonds. The first kappa shape index (κ1) is 17.3.